The van der Waals surface area contributed by atoms with Gasteiger partial charge < -0.3 is 14.4 Å². The van der Waals surface area contributed by atoms with Crippen LogP contribution in [0.3, 0.4) is 0 Å². The van der Waals surface area contributed by atoms with Gasteiger partial charge in [0.05, 0.1) is 16.8 Å². The zero-order valence-corrected chi connectivity index (χ0v) is 17.0. The van der Waals surface area contributed by atoms with Crippen molar-refractivity contribution in [3.8, 4) is 0 Å². The van der Waals surface area contributed by atoms with Gasteiger partial charge in [0, 0.05) is 51.8 Å². The fraction of sp³-hybridized carbons (Fsp3) is 0.789. The van der Waals surface area contributed by atoms with E-state index in [0.717, 1.165) is 57.6 Å². The number of aromatic nitrogens is 1. The van der Waals surface area contributed by atoms with E-state index >= 15 is 0 Å². The molecule has 0 N–H and O–H groups in total. The van der Waals surface area contributed by atoms with Gasteiger partial charge in [0.1, 0.15) is 6.61 Å². The van der Waals surface area contributed by atoms with Crippen LogP contribution in [0.25, 0.3) is 0 Å². The SMILES string of the molecule is Cc1ncsc1CN1CCC2(CC1)OCC[C@H]2CCOCC(=O)N(C)C. The minimum absolute atomic E-state index is 0.0220. The van der Waals surface area contributed by atoms with Crippen LogP contribution in [-0.4, -0.2) is 73.3 Å². The van der Waals surface area contributed by atoms with Crippen LogP contribution in [0.4, 0.5) is 0 Å². The van der Waals surface area contributed by atoms with Crippen molar-refractivity contribution in [1.82, 2.24) is 14.8 Å². The van der Waals surface area contributed by atoms with Crippen molar-refractivity contribution in [2.24, 2.45) is 5.92 Å². The molecule has 0 aromatic carbocycles. The van der Waals surface area contributed by atoms with Gasteiger partial charge in [-0.15, -0.1) is 11.3 Å². The number of likely N-dealkylation sites (N-methyl/N-ethyl adjacent to an activating group) is 1. The average molecular weight is 382 g/mol. The molecule has 1 aromatic rings. The van der Waals surface area contributed by atoms with Crippen molar-refractivity contribution in [3.63, 3.8) is 0 Å². The Balaban J connectivity index is 1.44. The van der Waals surface area contributed by atoms with E-state index in [0.29, 0.717) is 12.5 Å². The highest BCUT2D eigenvalue weighted by atomic mass is 32.1. The van der Waals surface area contributed by atoms with E-state index in [-0.39, 0.29) is 18.1 Å². The van der Waals surface area contributed by atoms with E-state index in [9.17, 15) is 4.79 Å². The molecule has 2 fully saturated rings. The summed E-state index contributed by atoms with van der Waals surface area (Å²) in [7, 11) is 3.51. The van der Waals surface area contributed by atoms with E-state index in [1.165, 1.54) is 4.88 Å². The number of ether oxygens (including phenoxy) is 2. The Bertz CT molecular complexity index is 597. The largest absolute Gasteiger partial charge is 0.375 e. The van der Waals surface area contributed by atoms with Crippen LogP contribution >= 0.6 is 11.3 Å². The molecule has 146 valence electrons. The summed E-state index contributed by atoms with van der Waals surface area (Å²) in [5.41, 5.74) is 3.12. The Morgan fingerprint density at radius 1 is 1.46 bits per heavy atom. The van der Waals surface area contributed by atoms with Crippen molar-refractivity contribution in [2.45, 2.75) is 44.8 Å². The van der Waals surface area contributed by atoms with Crippen molar-refractivity contribution < 1.29 is 14.3 Å². The van der Waals surface area contributed by atoms with Gasteiger partial charge in [0.2, 0.25) is 5.91 Å². The van der Waals surface area contributed by atoms with Crippen LogP contribution in [-0.2, 0) is 20.8 Å². The lowest BCUT2D eigenvalue weighted by molar-refractivity contribution is -0.133. The molecule has 26 heavy (non-hydrogen) atoms. The number of rotatable bonds is 7. The summed E-state index contributed by atoms with van der Waals surface area (Å²) in [5, 5.41) is 0. The summed E-state index contributed by atoms with van der Waals surface area (Å²) in [5.74, 6) is 0.568. The number of thiazole rings is 1. The molecule has 1 aromatic heterocycles. The molecule has 0 saturated carbocycles. The third-order valence-electron chi connectivity index (χ3n) is 5.85. The topological polar surface area (TPSA) is 54.9 Å². The predicted octanol–water partition coefficient (Wildman–Crippen LogP) is 2.32. The molecule has 3 heterocycles. The Labute approximate surface area is 160 Å². The summed E-state index contributed by atoms with van der Waals surface area (Å²) in [6, 6.07) is 0. The third kappa shape index (κ3) is 4.63. The van der Waals surface area contributed by atoms with Gasteiger partial charge >= 0.3 is 0 Å². The molecule has 0 bridgehead atoms. The lowest BCUT2D eigenvalue weighted by Crippen LogP contribution is -2.47. The Morgan fingerprint density at radius 2 is 2.23 bits per heavy atom. The van der Waals surface area contributed by atoms with Gasteiger partial charge in [-0.05, 0) is 38.5 Å². The fourth-order valence-electron chi connectivity index (χ4n) is 4.03. The van der Waals surface area contributed by atoms with Gasteiger partial charge in [-0.3, -0.25) is 9.69 Å². The van der Waals surface area contributed by atoms with Gasteiger partial charge in [-0.25, -0.2) is 4.98 Å². The van der Waals surface area contributed by atoms with Crippen LogP contribution in [0, 0.1) is 12.8 Å². The minimum atomic E-state index is 0.0220. The standard InChI is InChI=1S/C19H31N3O3S/c1-15-17(26-14-20-15)12-22-8-6-19(7-9-22)16(5-11-25-19)4-10-24-13-18(23)21(2)3/h14,16H,4-13H2,1-3H3/t16-/m1/s1. The highest BCUT2D eigenvalue weighted by Gasteiger charge is 2.45. The molecule has 2 aliphatic heterocycles. The number of aryl methyl sites for hydroxylation is 1. The molecule has 0 radical (unpaired) electrons. The van der Waals surface area contributed by atoms with E-state index in [1.807, 2.05) is 5.51 Å². The number of likely N-dealkylation sites (tertiary alicyclic amines) is 1. The summed E-state index contributed by atoms with van der Waals surface area (Å²) < 4.78 is 11.8. The molecular formula is C19H31N3O3S. The maximum absolute atomic E-state index is 11.6. The number of hydrogen-bond donors (Lipinski definition) is 0. The van der Waals surface area contributed by atoms with E-state index < -0.39 is 0 Å². The predicted molar refractivity (Wildman–Crippen MR) is 102 cm³/mol. The molecule has 6 nitrogen and oxygen atoms in total. The normalized spacial score (nSPS) is 22.8. The van der Waals surface area contributed by atoms with Gasteiger partial charge in [0.25, 0.3) is 0 Å². The fourth-order valence-corrected chi connectivity index (χ4v) is 4.85. The second-order valence-electron chi connectivity index (χ2n) is 7.67. The smallest absolute Gasteiger partial charge is 0.248 e. The second kappa shape index (κ2) is 8.78. The first-order valence-electron chi connectivity index (χ1n) is 9.53. The number of amides is 1. The molecule has 7 heteroatoms. The summed E-state index contributed by atoms with van der Waals surface area (Å²) in [6.45, 7) is 6.92. The van der Waals surface area contributed by atoms with Crippen molar-refractivity contribution in [2.75, 3.05) is 47.0 Å². The van der Waals surface area contributed by atoms with Gasteiger partial charge in [0.15, 0.2) is 0 Å². The lowest BCUT2D eigenvalue weighted by Gasteiger charge is -2.42. The highest BCUT2D eigenvalue weighted by molar-refractivity contribution is 7.09. The van der Waals surface area contributed by atoms with E-state index in [2.05, 4.69) is 16.8 Å². The summed E-state index contributed by atoms with van der Waals surface area (Å²) in [6.07, 6.45) is 4.27. The third-order valence-corrected chi connectivity index (χ3v) is 6.77. The van der Waals surface area contributed by atoms with Crippen molar-refractivity contribution in [3.05, 3.63) is 16.1 Å². The Hall–Kier alpha value is -1.02. The lowest BCUT2D eigenvalue weighted by atomic mass is 9.78. The summed E-state index contributed by atoms with van der Waals surface area (Å²) in [4.78, 5) is 21.4. The first kappa shape index (κ1) is 19.7. The molecule has 0 unspecified atom stereocenters. The quantitative estimate of drug-likeness (QED) is 0.679. The van der Waals surface area contributed by atoms with Crippen molar-refractivity contribution >= 4 is 17.2 Å². The number of carbonyl (C=O) groups is 1. The van der Waals surface area contributed by atoms with E-state index in [1.54, 1.807) is 30.3 Å². The van der Waals surface area contributed by atoms with E-state index in [4.69, 9.17) is 9.47 Å². The number of carbonyl (C=O) groups excluding carboxylic acids is 1. The number of piperidine rings is 1. The number of nitrogens with zero attached hydrogens (tertiary/aromatic N) is 3. The van der Waals surface area contributed by atoms with Crippen LogP contribution in [0.5, 0.6) is 0 Å². The molecular weight excluding hydrogens is 350 g/mol. The molecule has 3 rings (SSSR count). The first-order valence-corrected chi connectivity index (χ1v) is 10.4. The molecule has 1 spiro atoms. The zero-order chi connectivity index (χ0) is 18.6. The molecule has 2 saturated heterocycles. The van der Waals surface area contributed by atoms with Crippen molar-refractivity contribution in [1.29, 1.82) is 0 Å². The molecule has 0 aliphatic carbocycles. The van der Waals surface area contributed by atoms with Crippen LogP contribution in [0.2, 0.25) is 0 Å². The maximum Gasteiger partial charge on any atom is 0.248 e. The first-order chi connectivity index (χ1) is 12.5. The second-order valence-corrected chi connectivity index (χ2v) is 8.60. The minimum Gasteiger partial charge on any atom is -0.375 e. The average Bonchev–Trinajstić information content (AvgIpc) is 3.20. The molecule has 2 aliphatic rings. The summed E-state index contributed by atoms with van der Waals surface area (Å²) >= 11 is 1.75. The number of hydrogen-bond acceptors (Lipinski definition) is 6. The van der Waals surface area contributed by atoms with Gasteiger partial charge in [-0.2, -0.15) is 0 Å². The Morgan fingerprint density at radius 3 is 2.88 bits per heavy atom. The van der Waals surface area contributed by atoms with Crippen LogP contribution < -0.4 is 0 Å². The molecule has 1 atom stereocenters. The van der Waals surface area contributed by atoms with Gasteiger partial charge in [-0.1, -0.05) is 0 Å². The Kier molecular flexibility index (Phi) is 6.66. The zero-order valence-electron chi connectivity index (χ0n) is 16.2. The highest BCUT2D eigenvalue weighted by Crippen LogP contribution is 2.42. The maximum atomic E-state index is 11.6. The van der Waals surface area contributed by atoms with Crippen LogP contribution in [0.15, 0.2) is 5.51 Å². The monoisotopic (exact) mass is 381 g/mol. The molecule has 1 amide bonds. The van der Waals surface area contributed by atoms with Crippen LogP contribution in [0.1, 0.15) is 36.3 Å².